The number of carboxylic acid groups (broad SMARTS) is 1. The number of nitrogens with zero attached hydrogens (tertiary/aromatic N) is 2. The van der Waals surface area contributed by atoms with Crippen LogP contribution in [0.4, 0.5) is 0 Å². The van der Waals surface area contributed by atoms with Crippen LogP contribution in [0.15, 0.2) is 35.1 Å². The summed E-state index contributed by atoms with van der Waals surface area (Å²) in [5.41, 5.74) is 2.61. The lowest BCUT2D eigenvalue weighted by Crippen LogP contribution is -2.29. The van der Waals surface area contributed by atoms with E-state index in [4.69, 9.17) is 5.11 Å². The number of carbonyl (C=O) groups is 1. The van der Waals surface area contributed by atoms with Crippen molar-refractivity contribution in [1.29, 1.82) is 0 Å². The Morgan fingerprint density at radius 2 is 1.90 bits per heavy atom. The monoisotopic (exact) mass is 286 g/mol. The van der Waals surface area contributed by atoms with Crippen LogP contribution in [0.2, 0.25) is 0 Å². The van der Waals surface area contributed by atoms with Crippen LogP contribution in [0.25, 0.3) is 0 Å². The Morgan fingerprint density at radius 1 is 1.24 bits per heavy atom. The van der Waals surface area contributed by atoms with E-state index in [1.807, 2.05) is 30.3 Å². The molecule has 110 valence electrons. The molecule has 5 nitrogen and oxygen atoms in total. The van der Waals surface area contributed by atoms with E-state index >= 15 is 0 Å². The second kappa shape index (κ2) is 6.35. The highest BCUT2D eigenvalue weighted by molar-refractivity contribution is 5.70. The van der Waals surface area contributed by atoms with Gasteiger partial charge in [-0.3, -0.25) is 9.36 Å². The van der Waals surface area contributed by atoms with E-state index in [1.54, 1.807) is 18.4 Å². The number of aromatic nitrogens is 2. The minimum absolute atomic E-state index is 0.115. The van der Waals surface area contributed by atoms with Gasteiger partial charge in [-0.05, 0) is 25.8 Å². The van der Waals surface area contributed by atoms with E-state index in [1.165, 1.54) is 0 Å². The van der Waals surface area contributed by atoms with Crippen LogP contribution in [0, 0.1) is 13.8 Å². The van der Waals surface area contributed by atoms with E-state index in [9.17, 15) is 9.59 Å². The molecule has 0 amide bonds. The summed E-state index contributed by atoms with van der Waals surface area (Å²) in [6.45, 7) is 3.95. The van der Waals surface area contributed by atoms with Gasteiger partial charge >= 0.3 is 11.7 Å². The molecule has 0 unspecified atom stereocenters. The van der Waals surface area contributed by atoms with Gasteiger partial charge < -0.3 is 5.11 Å². The largest absolute Gasteiger partial charge is 0.481 e. The molecule has 0 fully saturated rings. The predicted octanol–water partition coefficient (Wildman–Crippen LogP) is 1.73. The molecular formula is C16H18N2O3. The van der Waals surface area contributed by atoms with E-state index in [2.05, 4.69) is 4.98 Å². The summed E-state index contributed by atoms with van der Waals surface area (Å²) in [7, 11) is 0. The van der Waals surface area contributed by atoms with Gasteiger partial charge in [0.25, 0.3) is 0 Å². The molecule has 0 bridgehead atoms. The predicted molar refractivity (Wildman–Crippen MR) is 79.5 cm³/mol. The first-order chi connectivity index (χ1) is 9.99. The van der Waals surface area contributed by atoms with Crippen LogP contribution in [-0.2, 0) is 24.2 Å². The van der Waals surface area contributed by atoms with Crippen molar-refractivity contribution in [3.8, 4) is 0 Å². The Hall–Kier alpha value is -2.43. The third kappa shape index (κ3) is 3.56. The fourth-order valence-electron chi connectivity index (χ4n) is 2.40. The van der Waals surface area contributed by atoms with Gasteiger partial charge in [0.05, 0.1) is 6.42 Å². The number of aliphatic carboxylic acids is 1. The molecule has 0 spiro atoms. The van der Waals surface area contributed by atoms with Crippen LogP contribution in [0.1, 0.15) is 22.5 Å². The molecule has 0 saturated heterocycles. The smallest absolute Gasteiger partial charge is 0.347 e. The van der Waals surface area contributed by atoms with Crippen LogP contribution in [0.5, 0.6) is 0 Å². The van der Waals surface area contributed by atoms with Crippen molar-refractivity contribution >= 4 is 5.97 Å². The SMILES string of the molecule is Cc1nc(=O)n(CCc2ccccc2)c(C)c1CC(=O)O. The summed E-state index contributed by atoms with van der Waals surface area (Å²) >= 11 is 0. The van der Waals surface area contributed by atoms with Crippen molar-refractivity contribution in [2.75, 3.05) is 0 Å². The summed E-state index contributed by atoms with van der Waals surface area (Å²) in [6, 6.07) is 9.85. The normalized spacial score (nSPS) is 10.6. The zero-order chi connectivity index (χ0) is 15.4. The molecule has 1 N–H and O–H groups in total. The summed E-state index contributed by atoms with van der Waals surface area (Å²) in [6.07, 6.45) is 0.592. The molecule has 0 aliphatic carbocycles. The maximum Gasteiger partial charge on any atom is 0.347 e. The zero-order valence-corrected chi connectivity index (χ0v) is 12.2. The van der Waals surface area contributed by atoms with E-state index < -0.39 is 5.97 Å². The van der Waals surface area contributed by atoms with Gasteiger partial charge in [-0.1, -0.05) is 30.3 Å². The van der Waals surface area contributed by atoms with Gasteiger partial charge in [0, 0.05) is 23.5 Å². The molecule has 0 saturated carbocycles. The number of hydrogen-bond donors (Lipinski definition) is 1. The molecule has 0 aliphatic rings. The Labute approximate surface area is 122 Å². The quantitative estimate of drug-likeness (QED) is 0.908. The van der Waals surface area contributed by atoms with Gasteiger partial charge in [-0.15, -0.1) is 0 Å². The average Bonchev–Trinajstić information content (AvgIpc) is 2.44. The fraction of sp³-hybridized carbons (Fsp3) is 0.312. The third-order valence-corrected chi connectivity index (χ3v) is 3.57. The Bertz CT molecular complexity index is 705. The fourth-order valence-corrected chi connectivity index (χ4v) is 2.40. The topological polar surface area (TPSA) is 72.2 Å². The van der Waals surface area contributed by atoms with E-state index in [0.29, 0.717) is 29.9 Å². The van der Waals surface area contributed by atoms with Gasteiger partial charge in [0.15, 0.2) is 0 Å². The van der Waals surface area contributed by atoms with Gasteiger partial charge in [0.2, 0.25) is 0 Å². The van der Waals surface area contributed by atoms with Crippen molar-refractivity contribution in [3.05, 3.63) is 63.3 Å². The third-order valence-electron chi connectivity index (χ3n) is 3.57. The van der Waals surface area contributed by atoms with Gasteiger partial charge in [-0.2, -0.15) is 4.98 Å². The lowest BCUT2D eigenvalue weighted by Gasteiger charge is -2.14. The zero-order valence-electron chi connectivity index (χ0n) is 12.2. The van der Waals surface area contributed by atoms with Crippen LogP contribution in [-0.4, -0.2) is 20.6 Å². The molecule has 1 aromatic carbocycles. The number of aryl methyl sites for hydroxylation is 2. The molecule has 21 heavy (non-hydrogen) atoms. The van der Waals surface area contributed by atoms with Crippen molar-refractivity contribution in [2.24, 2.45) is 0 Å². The molecule has 5 heteroatoms. The maximum absolute atomic E-state index is 12.0. The Balaban J connectivity index is 2.30. The summed E-state index contributed by atoms with van der Waals surface area (Å²) in [4.78, 5) is 26.9. The summed E-state index contributed by atoms with van der Waals surface area (Å²) < 4.78 is 1.55. The summed E-state index contributed by atoms with van der Waals surface area (Å²) in [5, 5.41) is 8.97. The van der Waals surface area contributed by atoms with Crippen LogP contribution >= 0.6 is 0 Å². The molecule has 2 aromatic rings. The number of benzene rings is 1. The first-order valence-corrected chi connectivity index (χ1v) is 6.81. The Morgan fingerprint density at radius 3 is 2.52 bits per heavy atom. The molecular weight excluding hydrogens is 268 g/mol. The lowest BCUT2D eigenvalue weighted by atomic mass is 10.1. The van der Waals surface area contributed by atoms with Crippen molar-refractivity contribution < 1.29 is 9.90 Å². The van der Waals surface area contributed by atoms with Crippen molar-refractivity contribution in [1.82, 2.24) is 9.55 Å². The molecule has 0 radical (unpaired) electrons. The summed E-state index contributed by atoms with van der Waals surface area (Å²) in [5.74, 6) is -0.920. The minimum Gasteiger partial charge on any atom is -0.481 e. The van der Waals surface area contributed by atoms with E-state index in [0.717, 1.165) is 5.56 Å². The van der Waals surface area contributed by atoms with Crippen molar-refractivity contribution in [2.45, 2.75) is 33.2 Å². The standard InChI is InChI=1S/C16H18N2O3/c1-11-14(10-15(19)20)12(2)18(16(21)17-11)9-8-13-6-4-3-5-7-13/h3-7H,8-10H2,1-2H3,(H,19,20). The first kappa shape index (κ1) is 15.0. The minimum atomic E-state index is -0.920. The van der Waals surface area contributed by atoms with E-state index in [-0.39, 0.29) is 12.1 Å². The molecule has 1 aromatic heterocycles. The van der Waals surface area contributed by atoms with Crippen molar-refractivity contribution in [3.63, 3.8) is 0 Å². The Kier molecular flexibility index (Phi) is 4.52. The van der Waals surface area contributed by atoms with Gasteiger partial charge in [0.1, 0.15) is 0 Å². The lowest BCUT2D eigenvalue weighted by molar-refractivity contribution is -0.136. The highest BCUT2D eigenvalue weighted by Gasteiger charge is 2.14. The highest BCUT2D eigenvalue weighted by Crippen LogP contribution is 2.11. The molecule has 0 atom stereocenters. The van der Waals surface area contributed by atoms with Crippen LogP contribution < -0.4 is 5.69 Å². The number of hydrogen-bond acceptors (Lipinski definition) is 3. The maximum atomic E-state index is 12.0. The second-order valence-corrected chi connectivity index (χ2v) is 5.00. The highest BCUT2D eigenvalue weighted by atomic mass is 16.4. The van der Waals surface area contributed by atoms with Gasteiger partial charge in [-0.25, -0.2) is 4.79 Å². The number of carboxylic acids is 1. The molecule has 2 rings (SSSR count). The second-order valence-electron chi connectivity index (χ2n) is 5.00. The molecule has 1 heterocycles. The number of rotatable bonds is 5. The molecule has 0 aliphatic heterocycles. The van der Waals surface area contributed by atoms with Crippen LogP contribution in [0.3, 0.4) is 0 Å². The first-order valence-electron chi connectivity index (χ1n) is 6.81. The average molecular weight is 286 g/mol.